The van der Waals surface area contributed by atoms with Crippen molar-refractivity contribution in [2.45, 2.75) is 6.61 Å². The molecule has 4 aromatic carbocycles. The van der Waals surface area contributed by atoms with Crippen molar-refractivity contribution in [3.8, 4) is 5.75 Å². The molecule has 1 heterocycles. The lowest BCUT2D eigenvalue weighted by molar-refractivity contribution is -0.113. The van der Waals surface area contributed by atoms with Crippen molar-refractivity contribution in [2.75, 3.05) is 4.90 Å². The Balaban J connectivity index is 1.46. The van der Waals surface area contributed by atoms with Gasteiger partial charge >= 0.3 is 0 Å². The Morgan fingerprint density at radius 3 is 2.63 bits per heavy atom. The van der Waals surface area contributed by atoms with Crippen molar-refractivity contribution in [3.05, 3.63) is 109 Å². The molecule has 1 saturated heterocycles. The first-order valence-corrected chi connectivity index (χ1v) is 13.3. The predicted molar refractivity (Wildman–Crippen MR) is 155 cm³/mol. The van der Waals surface area contributed by atoms with E-state index in [1.165, 1.54) is 11.8 Å². The molecule has 1 aliphatic rings. The molecule has 3 nitrogen and oxygen atoms in total. The van der Waals surface area contributed by atoms with Gasteiger partial charge in [-0.25, -0.2) is 0 Å². The SMILES string of the molecule is O=C1/C(=C\c2cc(Br)ccc2OCc2ccc(Cl)cc2Cl)SC(=S)N1c1cccc2ccccc12. The Morgan fingerprint density at radius 2 is 1.80 bits per heavy atom. The summed E-state index contributed by atoms with van der Waals surface area (Å²) in [6.45, 7) is 0.259. The number of carbonyl (C=O) groups excluding carboxylic acids is 1. The highest BCUT2D eigenvalue weighted by Crippen LogP contribution is 2.40. The number of hydrogen-bond acceptors (Lipinski definition) is 4. The van der Waals surface area contributed by atoms with Gasteiger partial charge < -0.3 is 4.74 Å². The third-order valence-electron chi connectivity index (χ3n) is 5.46. The first kappa shape index (κ1) is 24.3. The second kappa shape index (κ2) is 10.3. The smallest absolute Gasteiger partial charge is 0.270 e. The molecule has 0 saturated carbocycles. The highest BCUT2D eigenvalue weighted by atomic mass is 79.9. The fraction of sp³-hybridized carbons (Fsp3) is 0.0370. The first-order valence-electron chi connectivity index (χ1n) is 10.5. The van der Waals surface area contributed by atoms with Gasteiger partial charge in [-0.1, -0.05) is 106 Å². The van der Waals surface area contributed by atoms with Gasteiger partial charge in [-0.05, 0) is 47.9 Å². The fourth-order valence-electron chi connectivity index (χ4n) is 3.78. The van der Waals surface area contributed by atoms with Crippen LogP contribution in [0.4, 0.5) is 5.69 Å². The first-order chi connectivity index (χ1) is 16.9. The monoisotopic (exact) mass is 599 g/mol. The van der Waals surface area contributed by atoms with Crippen molar-refractivity contribution < 1.29 is 9.53 Å². The van der Waals surface area contributed by atoms with Crippen LogP contribution in [0.25, 0.3) is 16.8 Å². The van der Waals surface area contributed by atoms with Crippen LogP contribution in [0.2, 0.25) is 10.0 Å². The number of fused-ring (bicyclic) bond motifs is 1. The normalized spacial score (nSPS) is 14.8. The maximum Gasteiger partial charge on any atom is 0.270 e. The third kappa shape index (κ3) is 5.13. The van der Waals surface area contributed by atoms with Gasteiger partial charge in [0.05, 0.1) is 10.6 Å². The van der Waals surface area contributed by atoms with E-state index in [-0.39, 0.29) is 12.5 Å². The quantitative estimate of drug-likeness (QED) is 0.169. The fourth-order valence-corrected chi connectivity index (χ4v) is 5.90. The van der Waals surface area contributed by atoms with Gasteiger partial charge in [0.1, 0.15) is 12.4 Å². The number of carbonyl (C=O) groups is 1. The summed E-state index contributed by atoms with van der Waals surface area (Å²) in [6.07, 6.45) is 1.81. The van der Waals surface area contributed by atoms with E-state index in [1.807, 2.05) is 72.8 Å². The van der Waals surface area contributed by atoms with Crippen LogP contribution in [0.3, 0.4) is 0 Å². The van der Waals surface area contributed by atoms with Crippen molar-refractivity contribution >= 4 is 95.9 Å². The van der Waals surface area contributed by atoms with Gasteiger partial charge in [0.15, 0.2) is 4.32 Å². The Labute approximate surface area is 230 Å². The van der Waals surface area contributed by atoms with E-state index in [0.29, 0.717) is 25.0 Å². The van der Waals surface area contributed by atoms with Crippen LogP contribution in [0.15, 0.2) is 88.2 Å². The number of rotatable bonds is 5. The minimum absolute atomic E-state index is 0.164. The van der Waals surface area contributed by atoms with E-state index in [1.54, 1.807) is 17.0 Å². The number of ether oxygens (including phenoxy) is 1. The van der Waals surface area contributed by atoms with Crippen molar-refractivity contribution in [3.63, 3.8) is 0 Å². The molecule has 0 spiro atoms. The summed E-state index contributed by atoms with van der Waals surface area (Å²) in [5.41, 5.74) is 2.34. The zero-order valence-corrected chi connectivity index (χ0v) is 22.7. The van der Waals surface area contributed by atoms with Crippen LogP contribution in [-0.2, 0) is 11.4 Å². The number of halogens is 3. The van der Waals surface area contributed by atoms with Crippen LogP contribution in [0.5, 0.6) is 5.75 Å². The molecular weight excluding hydrogens is 585 g/mol. The molecule has 0 bridgehead atoms. The lowest BCUT2D eigenvalue weighted by Crippen LogP contribution is -2.27. The van der Waals surface area contributed by atoms with Gasteiger partial charge in [0.2, 0.25) is 0 Å². The standard InChI is InChI=1S/C27H16BrCl2NO2S2/c28-19-9-11-24(33-15-17-8-10-20(29)14-22(17)30)18(12-19)13-25-26(32)31(27(34)35-25)23-7-3-5-16-4-1-2-6-21(16)23/h1-14H,15H2/b25-13+. The summed E-state index contributed by atoms with van der Waals surface area (Å²) in [4.78, 5) is 15.6. The number of anilines is 1. The number of benzene rings is 4. The average Bonchev–Trinajstić information content (AvgIpc) is 3.11. The van der Waals surface area contributed by atoms with E-state index < -0.39 is 0 Å². The molecule has 0 N–H and O–H groups in total. The van der Waals surface area contributed by atoms with Gasteiger partial charge in [-0.3, -0.25) is 9.69 Å². The highest BCUT2D eigenvalue weighted by Gasteiger charge is 2.34. The van der Waals surface area contributed by atoms with Crippen molar-refractivity contribution in [2.24, 2.45) is 0 Å². The van der Waals surface area contributed by atoms with Gasteiger partial charge in [0.25, 0.3) is 5.91 Å². The van der Waals surface area contributed by atoms with Crippen molar-refractivity contribution in [1.29, 1.82) is 0 Å². The number of amides is 1. The number of nitrogens with zero attached hydrogens (tertiary/aromatic N) is 1. The average molecular weight is 601 g/mol. The summed E-state index contributed by atoms with van der Waals surface area (Å²) in [7, 11) is 0. The third-order valence-corrected chi connectivity index (χ3v) is 7.84. The maximum absolute atomic E-state index is 13.5. The number of thioether (sulfide) groups is 1. The van der Waals surface area contributed by atoms with Crippen LogP contribution in [-0.4, -0.2) is 10.2 Å². The van der Waals surface area contributed by atoms with E-state index in [2.05, 4.69) is 15.9 Å². The minimum Gasteiger partial charge on any atom is -0.488 e. The molecule has 1 amide bonds. The summed E-state index contributed by atoms with van der Waals surface area (Å²) in [5.74, 6) is 0.456. The summed E-state index contributed by atoms with van der Waals surface area (Å²) in [6, 6.07) is 24.7. The van der Waals surface area contributed by atoms with Crippen LogP contribution in [0.1, 0.15) is 11.1 Å². The largest absolute Gasteiger partial charge is 0.488 e. The highest BCUT2D eigenvalue weighted by molar-refractivity contribution is 9.10. The second-order valence-corrected chi connectivity index (χ2v) is 11.2. The van der Waals surface area contributed by atoms with Crippen LogP contribution in [0, 0.1) is 0 Å². The van der Waals surface area contributed by atoms with Crippen LogP contribution >= 0.6 is 63.1 Å². The van der Waals surface area contributed by atoms with E-state index in [9.17, 15) is 4.79 Å². The number of hydrogen-bond donors (Lipinski definition) is 0. The summed E-state index contributed by atoms with van der Waals surface area (Å²) >= 11 is 22.7. The second-order valence-electron chi connectivity index (χ2n) is 7.72. The van der Waals surface area contributed by atoms with Gasteiger partial charge in [-0.15, -0.1) is 0 Å². The Hall–Kier alpha value is -2.35. The van der Waals surface area contributed by atoms with Crippen molar-refractivity contribution in [1.82, 2.24) is 0 Å². The Morgan fingerprint density at radius 1 is 1.00 bits per heavy atom. The van der Waals surface area contributed by atoms with Crippen LogP contribution < -0.4 is 9.64 Å². The summed E-state index contributed by atoms with van der Waals surface area (Å²) < 4.78 is 7.44. The Bertz CT molecular complexity index is 1520. The molecule has 5 rings (SSSR count). The maximum atomic E-state index is 13.5. The topological polar surface area (TPSA) is 29.5 Å². The molecule has 0 atom stereocenters. The van der Waals surface area contributed by atoms with Gasteiger partial charge in [-0.2, -0.15) is 0 Å². The molecule has 174 valence electrons. The molecule has 0 unspecified atom stereocenters. The van der Waals surface area contributed by atoms with E-state index in [4.69, 9.17) is 40.2 Å². The van der Waals surface area contributed by atoms with E-state index >= 15 is 0 Å². The molecule has 35 heavy (non-hydrogen) atoms. The Kier molecular flexibility index (Phi) is 7.19. The molecular formula is C27H16BrCl2NO2S2. The number of thiocarbonyl (C=S) groups is 1. The zero-order valence-electron chi connectivity index (χ0n) is 18.0. The molecule has 0 aromatic heterocycles. The van der Waals surface area contributed by atoms with Gasteiger partial charge in [0, 0.05) is 31.0 Å². The molecule has 4 aromatic rings. The lowest BCUT2D eigenvalue weighted by atomic mass is 10.1. The molecule has 0 radical (unpaired) electrons. The minimum atomic E-state index is -0.164. The summed E-state index contributed by atoms with van der Waals surface area (Å²) in [5, 5.41) is 3.12. The lowest BCUT2D eigenvalue weighted by Gasteiger charge is -2.17. The molecule has 8 heteroatoms. The zero-order chi connectivity index (χ0) is 24.5. The molecule has 0 aliphatic carbocycles. The predicted octanol–water partition coefficient (Wildman–Crippen LogP) is 8.89. The van der Waals surface area contributed by atoms with E-state index in [0.717, 1.165) is 32.1 Å². The molecule has 1 aliphatic heterocycles. The molecule has 1 fully saturated rings.